The molecule has 7 aromatic rings. The Bertz CT molecular complexity index is 3100. The molecule has 0 saturated heterocycles. The van der Waals surface area contributed by atoms with E-state index in [4.69, 9.17) is 9.47 Å². The topological polar surface area (TPSA) is 31.4 Å². The van der Waals surface area contributed by atoms with E-state index in [1.807, 2.05) is 0 Å². The second kappa shape index (κ2) is 12.2. The second-order valence-corrected chi connectivity index (χ2v) is 21.4. The molecule has 0 amide bonds. The molecule has 6 heterocycles. The summed E-state index contributed by atoms with van der Waals surface area (Å²) in [4.78, 5) is 10.4. The van der Waals surface area contributed by atoms with Crippen LogP contribution in [0.15, 0.2) is 97.1 Å². The first-order chi connectivity index (χ1) is 30.5. The number of aryl methyl sites for hydroxylation is 4. The summed E-state index contributed by atoms with van der Waals surface area (Å²) in [5, 5.41) is 0. The van der Waals surface area contributed by atoms with Crippen LogP contribution in [0.5, 0.6) is 23.0 Å². The SMILES string of the molecule is Cc1ccc2c(c1)Oc1c(C)c(C)cc3c1N2B1c2cc4c(cc2-c2cc(C(C)(C)C)ccc2N13)B1N(c2ccc(C(C)(C)C)cc2-4)c2cc(C)c(C)c3c2N1c1ccc(C)cc1O3. The van der Waals surface area contributed by atoms with E-state index in [-0.39, 0.29) is 24.8 Å². The van der Waals surface area contributed by atoms with Gasteiger partial charge in [-0.25, -0.2) is 0 Å². The van der Waals surface area contributed by atoms with Crippen LogP contribution in [0.4, 0.5) is 45.5 Å². The average molecular weight is 835 g/mol. The highest BCUT2D eigenvalue weighted by atomic mass is 16.5. The molecule has 0 unspecified atom stereocenters. The van der Waals surface area contributed by atoms with E-state index in [0.29, 0.717) is 0 Å². The van der Waals surface area contributed by atoms with Crippen molar-refractivity contribution in [2.24, 2.45) is 0 Å². The zero-order valence-electron chi connectivity index (χ0n) is 39.0. The lowest BCUT2D eigenvalue weighted by molar-refractivity contribution is 0.474. The van der Waals surface area contributed by atoms with E-state index in [0.717, 1.165) is 45.7 Å². The molecule has 6 nitrogen and oxygen atoms in total. The summed E-state index contributed by atoms with van der Waals surface area (Å²) >= 11 is 0. The van der Waals surface area contributed by atoms with Crippen LogP contribution in [0, 0.1) is 41.5 Å². The number of nitrogens with zero attached hydrogens (tertiary/aromatic N) is 4. The smallest absolute Gasteiger partial charge is 0.421 e. The third-order valence-electron chi connectivity index (χ3n) is 15.2. The lowest BCUT2D eigenvalue weighted by Crippen LogP contribution is -2.59. The summed E-state index contributed by atoms with van der Waals surface area (Å²) in [5.74, 6) is 3.73. The van der Waals surface area contributed by atoms with Crippen molar-refractivity contribution in [2.75, 3.05) is 19.2 Å². The minimum Gasteiger partial charge on any atom is -0.453 e. The van der Waals surface area contributed by atoms with E-state index in [1.165, 1.54) is 100 Å². The molecule has 7 aromatic carbocycles. The van der Waals surface area contributed by atoms with Crippen molar-refractivity contribution in [1.82, 2.24) is 0 Å². The Hall–Kier alpha value is -6.53. The Morgan fingerprint density at radius 2 is 0.781 bits per heavy atom. The van der Waals surface area contributed by atoms with Crippen LogP contribution >= 0.6 is 0 Å². The first kappa shape index (κ1) is 38.0. The van der Waals surface area contributed by atoms with Gasteiger partial charge in [-0.2, -0.15) is 0 Å². The fourth-order valence-electron chi connectivity index (χ4n) is 11.5. The minimum atomic E-state index is -0.148. The van der Waals surface area contributed by atoms with Crippen LogP contribution in [0.3, 0.4) is 0 Å². The molecular weight excluding hydrogens is 782 g/mol. The average Bonchev–Trinajstić information content (AvgIpc) is 3.77. The highest BCUT2D eigenvalue weighted by Gasteiger charge is 2.56. The zero-order valence-corrected chi connectivity index (χ0v) is 39.0. The van der Waals surface area contributed by atoms with Gasteiger partial charge in [0.1, 0.15) is 11.5 Å². The first-order valence-corrected chi connectivity index (χ1v) is 23.0. The van der Waals surface area contributed by atoms with Crippen LogP contribution in [0.2, 0.25) is 0 Å². The van der Waals surface area contributed by atoms with Crippen molar-refractivity contribution in [2.45, 2.75) is 93.9 Å². The summed E-state index contributed by atoms with van der Waals surface area (Å²) in [6.45, 7) is 26.9. The van der Waals surface area contributed by atoms with Crippen LogP contribution in [-0.2, 0) is 10.8 Å². The molecule has 0 fully saturated rings. The number of fused-ring (bicyclic) bond motifs is 20. The van der Waals surface area contributed by atoms with Gasteiger partial charge in [-0.05, 0) is 180 Å². The molecule has 0 aliphatic carbocycles. The molecular formula is C56H52B2N4O2. The van der Waals surface area contributed by atoms with E-state index < -0.39 is 0 Å². The molecule has 0 spiro atoms. The van der Waals surface area contributed by atoms with E-state index >= 15 is 0 Å². The Labute approximate surface area is 378 Å². The number of ether oxygens (including phenoxy) is 2. The number of rotatable bonds is 0. The standard InChI is InChI=1S/C56H52B2N4O2/c1-29-13-17-45-49(21-29)63-53-33(5)31(3)23-47-51(53)61(45)57-41-27-38-40-26-36(56(10,11)12)16-20-44(40)60-48-24-32(4)34(6)54-52(48)62(46-18-14-30(2)22-50(46)64-54)58(60)42(38)28-37(41)39-25-35(55(7,8)9)15-19-43(39)59(47)57/h13-28H,1-12H3. The molecule has 0 aromatic heterocycles. The van der Waals surface area contributed by atoms with Gasteiger partial charge >= 0.3 is 14.0 Å². The third-order valence-corrected chi connectivity index (χ3v) is 15.2. The van der Waals surface area contributed by atoms with Crippen LogP contribution in [0.1, 0.15) is 86.1 Å². The van der Waals surface area contributed by atoms with Crippen LogP contribution < -0.4 is 39.6 Å². The van der Waals surface area contributed by atoms with Gasteiger partial charge in [-0.3, -0.25) is 0 Å². The molecule has 0 bridgehead atoms. The van der Waals surface area contributed by atoms with Crippen molar-refractivity contribution in [3.8, 4) is 45.3 Å². The Morgan fingerprint density at radius 1 is 0.391 bits per heavy atom. The summed E-state index contributed by atoms with van der Waals surface area (Å²) in [6.07, 6.45) is 0. The largest absolute Gasteiger partial charge is 0.453 e. The van der Waals surface area contributed by atoms with Crippen molar-refractivity contribution >= 4 is 70.4 Å². The van der Waals surface area contributed by atoms with Crippen LogP contribution in [-0.4, -0.2) is 14.0 Å². The summed E-state index contributed by atoms with van der Waals surface area (Å²) in [7, 11) is 0. The molecule has 6 aliphatic rings. The Balaban J connectivity index is 1.15. The first-order valence-electron chi connectivity index (χ1n) is 23.0. The maximum Gasteiger partial charge on any atom is 0.421 e. The minimum absolute atomic E-state index is 0.0441. The lowest BCUT2D eigenvalue weighted by Gasteiger charge is -2.41. The summed E-state index contributed by atoms with van der Waals surface area (Å²) in [5.41, 5.74) is 26.7. The van der Waals surface area contributed by atoms with Gasteiger partial charge in [0.2, 0.25) is 0 Å². The fraction of sp³-hybridized carbons (Fsp3) is 0.250. The molecule has 0 N–H and O–H groups in total. The second-order valence-electron chi connectivity index (χ2n) is 21.4. The number of anilines is 8. The van der Waals surface area contributed by atoms with E-state index in [2.05, 4.69) is 199 Å². The van der Waals surface area contributed by atoms with Crippen LogP contribution in [0.25, 0.3) is 22.3 Å². The normalized spacial score (nSPS) is 15.2. The van der Waals surface area contributed by atoms with Gasteiger partial charge in [-0.1, -0.05) is 77.9 Å². The summed E-state index contributed by atoms with van der Waals surface area (Å²) < 4.78 is 13.9. The highest BCUT2D eigenvalue weighted by Crippen LogP contribution is 2.63. The summed E-state index contributed by atoms with van der Waals surface area (Å²) in [6, 6.07) is 37.8. The molecule has 314 valence electrons. The quantitative estimate of drug-likeness (QED) is 0.142. The molecule has 64 heavy (non-hydrogen) atoms. The van der Waals surface area contributed by atoms with Gasteiger partial charge in [0.05, 0.1) is 34.1 Å². The molecule has 0 saturated carbocycles. The monoisotopic (exact) mass is 834 g/mol. The van der Waals surface area contributed by atoms with Gasteiger partial charge < -0.3 is 28.7 Å². The van der Waals surface area contributed by atoms with Gasteiger partial charge in [0, 0.05) is 22.5 Å². The maximum absolute atomic E-state index is 6.97. The maximum atomic E-state index is 6.97. The predicted octanol–water partition coefficient (Wildman–Crippen LogP) is 13.7. The molecule has 6 aliphatic heterocycles. The molecule has 13 rings (SSSR count). The number of hydrogen-bond donors (Lipinski definition) is 0. The number of benzene rings is 7. The Morgan fingerprint density at radius 3 is 1.17 bits per heavy atom. The van der Waals surface area contributed by atoms with Gasteiger partial charge in [-0.15, -0.1) is 0 Å². The third kappa shape index (κ3) is 4.78. The lowest BCUT2D eigenvalue weighted by atomic mass is 9.53. The highest BCUT2D eigenvalue weighted by molar-refractivity contribution is 6.89. The van der Waals surface area contributed by atoms with Crippen molar-refractivity contribution in [1.29, 1.82) is 0 Å². The molecule has 0 atom stereocenters. The van der Waals surface area contributed by atoms with Crippen molar-refractivity contribution < 1.29 is 9.47 Å². The van der Waals surface area contributed by atoms with E-state index in [9.17, 15) is 0 Å². The van der Waals surface area contributed by atoms with Gasteiger partial charge in [0.15, 0.2) is 11.5 Å². The van der Waals surface area contributed by atoms with Crippen molar-refractivity contribution in [3.05, 3.63) is 142 Å². The fourth-order valence-corrected chi connectivity index (χ4v) is 11.5. The Kier molecular flexibility index (Phi) is 7.22. The number of hydrogen-bond acceptors (Lipinski definition) is 6. The molecule has 8 heteroatoms. The predicted molar refractivity (Wildman–Crippen MR) is 268 cm³/mol. The van der Waals surface area contributed by atoms with Gasteiger partial charge in [0.25, 0.3) is 0 Å². The zero-order chi connectivity index (χ0) is 44.2. The molecule has 0 radical (unpaired) electrons. The van der Waals surface area contributed by atoms with Crippen molar-refractivity contribution in [3.63, 3.8) is 0 Å². The van der Waals surface area contributed by atoms with E-state index in [1.54, 1.807) is 0 Å².